The quantitative estimate of drug-likeness (QED) is 0.0669. The Morgan fingerprint density at radius 2 is 0.226 bits per heavy atom. The van der Waals surface area contributed by atoms with Crippen molar-refractivity contribution in [1.29, 1.82) is 0 Å². The Morgan fingerprint density at radius 1 is 0.170 bits per heavy atom. The molecule has 0 radical (unpaired) electrons. The fourth-order valence-corrected chi connectivity index (χ4v) is 21.3. The summed E-state index contributed by atoms with van der Waals surface area (Å²) in [7, 11) is 1.28. The standard InChI is InChI=1S/4C12H27P.Ru/c4*1-10(2)7-13(8-11(3)4)9-12(5)6;/h4*10-12H,7-9H2,1-6H3;. The summed E-state index contributed by atoms with van der Waals surface area (Å²) < 4.78 is 0. The second-order valence-electron chi connectivity index (χ2n) is 21.6. The third kappa shape index (κ3) is 58.7. The second-order valence-corrected chi connectivity index (χ2v) is 31.3. The first-order chi connectivity index (χ1) is 23.7. The SMILES string of the molecule is CC(C)CP(CC(C)C)CC(C)C.CC(C)CP(CC(C)C)CC(C)C.CC(C)CP(CC(C)C)CC(C)C.CC(C)CP(CC(C)C)CC(C)C.[Ru]. The van der Waals surface area contributed by atoms with Crippen molar-refractivity contribution in [2.24, 2.45) is 71.0 Å². The summed E-state index contributed by atoms with van der Waals surface area (Å²) >= 11 is 0. The van der Waals surface area contributed by atoms with Crippen LogP contribution >= 0.6 is 31.7 Å². The molecule has 0 aromatic carbocycles. The second kappa shape index (κ2) is 39.8. The van der Waals surface area contributed by atoms with Crippen molar-refractivity contribution in [1.82, 2.24) is 0 Å². The Bertz CT molecular complexity index is 497. The van der Waals surface area contributed by atoms with E-state index in [0.717, 1.165) is 71.0 Å². The van der Waals surface area contributed by atoms with Crippen LogP contribution in [0, 0.1) is 71.0 Å². The van der Waals surface area contributed by atoms with E-state index < -0.39 is 0 Å². The minimum atomic E-state index is 0. The maximum Gasteiger partial charge on any atom is 0 e. The Morgan fingerprint density at radius 3 is 0.264 bits per heavy atom. The van der Waals surface area contributed by atoms with Gasteiger partial charge in [0.2, 0.25) is 0 Å². The summed E-state index contributed by atoms with van der Waals surface area (Å²) in [6, 6.07) is 0. The Kier molecular flexibility index (Phi) is 48.4. The van der Waals surface area contributed by atoms with Gasteiger partial charge >= 0.3 is 0 Å². The van der Waals surface area contributed by atoms with Crippen LogP contribution in [0.4, 0.5) is 0 Å². The van der Waals surface area contributed by atoms with Gasteiger partial charge in [-0.15, -0.1) is 31.7 Å². The molecule has 0 bridgehead atoms. The summed E-state index contributed by atoms with van der Waals surface area (Å²) in [5.41, 5.74) is 0. The zero-order chi connectivity index (χ0) is 41.7. The van der Waals surface area contributed by atoms with Crippen LogP contribution < -0.4 is 0 Å². The van der Waals surface area contributed by atoms with Crippen molar-refractivity contribution in [3.8, 4) is 0 Å². The molecule has 0 aromatic heterocycles. The summed E-state index contributed by atoms with van der Waals surface area (Å²) in [4.78, 5) is 0. The van der Waals surface area contributed by atoms with E-state index in [9.17, 15) is 0 Å². The summed E-state index contributed by atoms with van der Waals surface area (Å²) in [5, 5.41) is 0. The average Bonchev–Trinajstić information content (AvgIpc) is 2.85. The predicted molar refractivity (Wildman–Crippen MR) is 264 cm³/mol. The minimum absolute atomic E-state index is 0. The van der Waals surface area contributed by atoms with E-state index in [4.69, 9.17) is 0 Å². The first-order valence-electron chi connectivity index (χ1n) is 22.6. The van der Waals surface area contributed by atoms with Gasteiger partial charge in [0, 0.05) is 19.5 Å². The predicted octanol–water partition coefficient (Wildman–Crippen LogP) is 17.7. The molecule has 0 nitrogen and oxygen atoms in total. The Balaban J connectivity index is -0.000000192. The fraction of sp³-hybridized carbons (Fsp3) is 1.00. The van der Waals surface area contributed by atoms with Crippen LogP contribution in [-0.2, 0) is 19.5 Å². The van der Waals surface area contributed by atoms with Crippen LogP contribution in [0.2, 0.25) is 0 Å². The molecule has 0 aliphatic carbocycles. The van der Waals surface area contributed by atoms with Gasteiger partial charge in [0.05, 0.1) is 0 Å². The third-order valence-electron chi connectivity index (χ3n) is 7.48. The molecule has 0 atom stereocenters. The molecule has 0 spiro atoms. The van der Waals surface area contributed by atoms with Crippen molar-refractivity contribution in [2.45, 2.75) is 166 Å². The van der Waals surface area contributed by atoms with Crippen molar-refractivity contribution in [3.63, 3.8) is 0 Å². The van der Waals surface area contributed by atoms with Gasteiger partial charge in [-0.2, -0.15) is 0 Å². The molecule has 0 aliphatic rings. The number of hydrogen-bond acceptors (Lipinski definition) is 0. The molecule has 0 saturated heterocycles. The first-order valence-corrected chi connectivity index (χ1v) is 30.1. The van der Waals surface area contributed by atoms with Crippen molar-refractivity contribution in [2.75, 3.05) is 73.9 Å². The smallest absolute Gasteiger partial charge is 0 e. The maximum absolute atomic E-state index is 2.36. The molecule has 328 valence electrons. The van der Waals surface area contributed by atoms with Crippen LogP contribution in [0.5, 0.6) is 0 Å². The molecular formula is C48H108P4Ru. The molecule has 0 aliphatic heterocycles. The van der Waals surface area contributed by atoms with Gasteiger partial charge in [-0.05, 0) is 145 Å². The van der Waals surface area contributed by atoms with Gasteiger partial charge in [0.25, 0.3) is 0 Å². The van der Waals surface area contributed by atoms with Gasteiger partial charge in [-0.1, -0.05) is 166 Å². The largest absolute Gasteiger partial charge is 0.106 e. The number of rotatable bonds is 24. The van der Waals surface area contributed by atoms with E-state index in [-0.39, 0.29) is 19.5 Å². The van der Waals surface area contributed by atoms with E-state index in [1.807, 2.05) is 0 Å². The molecule has 0 unspecified atom stereocenters. The topological polar surface area (TPSA) is 0 Å². The molecule has 0 N–H and O–H groups in total. The monoisotopic (exact) mass is 911 g/mol. The number of hydrogen-bond donors (Lipinski definition) is 0. The maximum atomic E-state index is 2.36. The van der Waals surface area contributed by atoms with E-state index >= 15 is 0 Å². The molecule has 53 heavy (non-hydrogen) atoms. The summed E-state index contributed by atoms with van der Waals surface area (Å²) in [5.74, 6) is 10.7. The van der Waals surface area contributed by atoms with Crippen LogP contribution in [0.25, 0.3) is 0 Å². The van der Waals surface area contributed by atoms with Crippen LogP contribution in [0.1, 0.15) is 166 Å². The molecule has 0 rings (SSSR count). The fourth-order valence-electron chi connectivity index (χ4n) is 7.09. The minimum Gasteiger partial charge on any atom is -0.106 e. The first kappa shape index (κ1) is 64.5. The van der Waals surface area contributed by atoms with Crippen molar-refractivity contribution < 1.29 is 19.5 Å². The Labute approximate surface area is 360 Å². The van der Waals surface area contributed by atoms with Gasteiger partial charge in [0.1, 0.15) is 0 Å². The molecule has 0 heterocycles. The van der Waals surface area contributed by atoms with Gasteiger partial charge in [0.15, 0.2) is 0 Å². The van der Waals surface area contributed by atoms with Crippen LogP contribution in [-0.4, -0.2) is 73.9 Å². The molecule has 5 heteroatoms. The normalized spacial score (nSPS) is 12.2. The Hall–Kier alpha value is 2.34. The third-order valence-corrected chi connectivity index (χ3v) is 22.4. The van der Waals surface area contributed by atoms with E-state index in [1.165, 1.54) is 73.9 Å². The van der Waals surface area contributed by atoms with Crippen molar-refractivity contribution >= 4 is 31.7 Å². The van der Waals surface area contributed by atoms with Crippen molar-refractivity contribution in [3.05, 3.63) is 0 Å². The van der Waals surface area contributed by atoms with Crippen LogP contribution in [0.15, 0.2) is 0 Å². The molecule has 0 amide bonds. The molecule has 0 aromatic rings. The van der Waals surface area contributed by atoms with Crippen LogP contribution in [0.3, 0.4) is 0 Å². The summed E-state index contributed by atoms with van der Waals surface area (Å²) in [6.07, 6.45) is 17.7. The van der Waals surface area contributed by atoms with E-state index in [0.29, 0.717) is 31.7 Å². The van der Waals surface area contributed by atoms with Gasteiger partial charge in [-0.3, -0.25) is 0 Å². The van der Waals surface area contributed by atoms with Gasteiger partial charge in [-0.25, -0.2) is 0 Å². The zero-order valence-electron chi connectivity index (χ0n) is 41.6. The summed E-state index contributed by atoms with van der Waals surface area (Å²) in [6.45, 7) is 56.6. The van der Waals surface area contributed by atoms with E-state index in [1.54, 1.807) is 0 Å². The molecule has 0 fully saturated rings. The molecular weight excluding hydrogens is 801 g/mol. The average molecular weight is 910 g/mol. The van der Waals surface area contributed by atoms with E-state index in [2.05, 4.69) is 166 Å². The zero-order valence-corrected chi connectivity index (χ0v) is 46.9. The molecule has 0 saturated carbocycles. The van der Waals surface area contributed by atoms with Gasteiger partial charge < -0.3 is 0 Å².